The fourth-order valence-corrected chi connectivity index (χ4v) is 2.66. The molecule has 1 aromatic heterocycles. The van der Waals surface area contributed by atoms with E-state index in [9.17, 15) is 9.59 Å². The Balaban J connectivity index is 1.91. The highest BCUT2D eigenvalue weighted by Gasteiger charge is 2.20. The molecule has 0 aliphatic rings. The zero-order valence-corrected chi connectivity index (χ0v) is 15.2. The summed E-state index contributed by atoms with van der Waals surface area (Å²) in [5.74, 6) is -0.556. The molecule has 0 radical (unpaired) electrons. The quantitative estimate of drug-likeness (QED) is 0.702. The van der Waals surface area contributed by atoms with Gasteiger partial charge in [0.1, 0.15) is 0 Å². The number of anilines is 1. The number of rotatable bonds is 5. The maximum atomic E-state index is 12.8. The Kier molecular flexibility index (Phi) is 5.21. The van der Waals surface area contributed by atoms with Crippen molar-refractivity contribution in [3.05, 3.63) is 71.5 Å². The molecule has 27 heavy (non-hydrogen) atoms. The summed E-state index contributed by atoms with van der Waals surface area (Å²) in [6.45, 7) is 1.74. The first-order chi connectivity index (χ1) is 13.0. The van der Waals surface area contributed by atoms with Crippen LogP contribution in [-0.2, 0) is 4.74 Å². The van der Waals surface area contributed by atoms with E-state index in [-0.39, 0.29) is 5.69 Å². The molecule has 0 aliphatic heterocycles. The molecule has 1 N–H and O–H groups in total. The summed E-state index contributed by atoms with van der Waals surface area (Å²) in [5.41, 5.74) is 2.44. The van der Waals surface area contributed by atoms with Crippen LogP contribution in [0.3, 0.4) is 0 Å². The first-order valence-corrected chi connectivity index (χ1v) is 8.23. The van der Waals surface area contributed by atoms with Crippen LogP contribution >= 0.6 is 0 Å². The van der Waals surface area contributed by atoms with Crippen LogP contribution < -0.4 is 10.1 Å². The van der Waals surface area contributed by atoms with Gasteiger partial charge in [0.25, 0.3) is 5.91 Å². The van der Waals surface area contributed by atoms with Crippen molar-refractivity contribution in [3.8, 4) is 11.4 Å². The highest BCUT2D eigenvalue weighted by Crippen LogP contribution is 2.24. The van der Waals surface area contributed by atoms with Gasteiger partial charge in [-0.05, 0) is 36.8 Å². The Morgan fingerprint density at radius 3 is 2.44 bits per heavy atom. The van der Waals surface area contributed by atoms with Gasteiger partial charge in [-0.3, -0.25) is 4.79 Å². The van der Waals surface area contributed by atoms with Gasteiger partial charge in [-0.25, -0.2) is 9.48 Å². The molecule has 2 aromatic carbocycles. The van der Waals surface area contributed by atoms with Gasteiger partial charge in [0, 0.05) is 5.69 Å². The third-order valence-electron chi connectivity index (χ3n) is 4.12. The van der Waals surface area contributed by atoms with Crippen molar-refractivity contribution in [3.63, 3.8) is 0 Å². The molecule has 0 saturated carbocycles. The lowest BCUT2D eigenvalue weighted by Crippen LogP contribution is -2.16. The van der Waals surface area contributed by atoms with Gasteiger partial charge in [-0.1, -0.05) is 24.3 Å². The third-order valence-corrected chi connectivity index (χ3v) is 4.12. The third kappa shape index (κ3) is 3.67. The maximum absolute atomic E-state index is 12.8. The lowest BCUT2D eigenvalue weighted by Gasteiger charge is -2.11. The molecule has 0 spiro atoms. The summed E-state index contributed by atoms with van der Waals surface area (Å²) in [6.07, 6.45) is 1.64. The Morgan fingerprint density at radius 2 is 1.78 bits per heavy atom. The molecule has 7 heteroatoms. The van der Waals surface area contributed by atoms with Crippen molar-refractivity contribution in [1.29, 1.82) is 0 Å². The van der Waals surface area contributed by atoms with Crippen LogP contribution in [0.15, 0.2) is 54.7 Å². The van der Waals surface area contributed by atoms with Gasteiger partial charge in [0.15, 0.2) is 11.4 Å². The summed E-state index contributed by atoms with van der Waals surface area (Å²) >= 11 is 0. The second-order valence-electron chi connectivity index (χ2n) is 5.75. The van der Waals surface area contributed by atoms with E-state index in [1.54, 1.807) is 36.0 Å². The second-order valence-corrected chi connectivity index (χ2v) is 5.75. The molecule has 1 amide bonds. The van der Waals surface area contributed by atoms with Crippen LogP contribution in [0.1, 0.15) is 26.4 Å². The molecule has 7 nitrogen and oxygen atoms in total. The molecular formula is C20H19N3O4. The summed E-state index contributed by atoms with van der Waals surface area (Å²) < 4.78 is 11.6. The summed E-state index contributed by atoms with van der Waals surface area (Å²) in [5, 5.41) is 7.12. The summed E-state index contributed by atoms with van der Waals surface area (Å²) in [4.78, 5) is 24.6. The predicted octanol–water partition coefficient (Wildman–Crippen LogP) is 3.23. The van der Waals surface area contributed by atoms with Crippen molar-refractivity contribution >= 4 is 17.6 Å². The van der Waals surface area contributed by atoms with Crippen LogP contribution in [0.2, 0.25) is 0 Å². The summed E-state index contributed by atoms with van der Waals surface area (Å²) in [7, 11) is 2.79. The molecule has 0 unspecified atom stereocenters. The van der Waals surface area contributed by atoms with E-state index < -0.39 is 11.9 Å². The van der Waals surface area contributed by atoms with E-state index >= 15 is 0 Å². The van der Waals surface area contributed by atoms with E-state index in [4.69, 9.17) is 9.47 Å². The molecule has 0 saturated heterocycles. The van der Waals surface area contributed by atoms with Crippen molar-refractivity contribution < 1.29 is 19.1 Å². The fourth-order valence-electron chi connectivity index (χ4n) is 2.66. The lowest BCUT2D eigenvalue weighted by atomic mass is 10.1. The predicted molar refractivity (Wildman–Crippen MR) is 101 cm³/mol. The number of esters is 1. The molecule has 0 aliphatic carbocycles. The maximum Gasteiger partial charge on any atom is 0.338 e. The molecule has 1 heterocycles. The molecular weight excluding hydrogens is 346 g/mol. The normalized spacial score (nSPS) is 10.3. The Hall–Kier alpha value is -3.61. The molecule has 0 atom stereocenters. The van der Waals surface area contributed by atoms with E-state index in [1.807, 2.05) is 30.3 Å². The van der Waals surface area contributed by atoms with Crippen LogP contribution in [0.25, 0.3) is 5.69 Å². The van der Waals surface area contributed by atoms with E-state index in [0.717, 1.165) is 5.69 Å². The Bertz CT molecular complexity index is 980. The minimum atomic E-state index is -0.463. The smallest absolute Gasteiger partial charge is 0.338 e. The molecule has 0 bridgehead atoms. The van der Waals surface area contributed by atoms with E-state index in [1.165, 1.54) is 14.2 Å². The number of hydrogen-bond donors (Lipinski definition) is 1. The van der Waals surface area contributed by atoms with Gasteiger partial charge in [-0.15, -0.1) is 0 Å². The Labute approximate surface area is 156 Å². The standard InChI is InChI=1S/C20H19N3O4/c1-13-15(20(25)27-3)10-7-11-16(13)21-19(24)18-17(26-2)12-23(22-18)14-8-5-4-6-9-14/h4-12H,1-3H3,(H,21,24). The fraction of sp³-hybridized carbons (Fsp3) is 0.150. The largest absolute Gasteiger partial charge is 0.493 e. The first kappa shape index (κ1) is 18.2. The average molecular weight is 365 g/mol. The van der Waals surface area contributed by atoms with Crippen molar-refractivity contribution in [2.24, 2.45) is 0 Å². The average Bonchev–Trinajstić information content (AvgIpc) is 3.14. The van der Waals surface area contributed by atoms with E-state index in [0.29, 0.717) is 22.6 Å². The zero-order chi connectivity index (χ0) is 19.4. The number of amides is 1. The number of carbonyl (C=O) groups excluding carboxylic acids is 2. The minimum Gasteiger partial charge on any atom is -0.493 e. The number of hydrogen-bond acceptors (Lipinski definition) is 5. The van der Waals surface area contributed by atoms with Gasteiger partial charge in [-0.2, -0.15) is 5.10 Å². The number of methoxy groups -OCH3 is 2. The van der Waals surface area contributed by atoms with Gasteiger partial charge < -0.3 is 14.8 Å². The highest BCUT2D eigenvalue weighted by atomic mass is 16.5. The topological polar surface area (TPSA) is 82.5 Å². The van der Waals surface area contributed by atoms with Crippen LogP contribution in [0.4, 0.5) is 5.69 Å². The van der Waals surface area contributed by atoms with Crippen molar-refractivity contribution in [1.82, 2.24) is 9.78 Å². The van der Waals surface area contributed by atoms with Crippen LogP contribution in [0, 0.1) is 6.92 Å². The number of nitrogens with zero attached hydrogens (tertiary/aromatic N) is 2. The second kappa shape index (κ2) is 7.74. The highest BCUT2D eigenvalue weighted by molar-refractivity contribution is 6.06. The summed E-state index contributed by atoms with van der Waals surface area (Å²) in [6, 6.07) is 14.4. The molecule has 3 rings (SSSR count). The van der Waals surface area contributed by atoms with E-state index in [2.05, 4.69) is 10.4 Å². The SMILES string of the molecule is COC(=O)c1cccc(NC(=O)c2nn(-c3ccccc3)cc2OC)c1C. The Morgan fingerprint density at radius 1 is 1.04 bits per heavy atom. The molecule has 3 aromatic rings. The minimum absolute atomic E-state index is 0.143. The number of carbonyl (C=O) groups is 2. The van der Waals surface area contributed by atoms with Crippen molar-refractivity contribution in [2.45, 2.75) is 6.92 Å². The van der Waals surface area contributed by atoms with Crippen LogP contribution in [0.5, 0.6) is 5.75 Å². The van der Waals surface area contributed by atoms with Gasteiger partial charge >= 0.3 is 5.97 Å². The lowest BCUT2D eigenvalue weighted by molar-refractivity contribution is 0.0599. The monoisotopic (exact) mass is 365 g/mol. The molecule has 0 fully saturated rings. The number of ether oxygens (including phenoxy) is 2. The van der Waals surface area contributed by atoms with Gasteiger partial charge in [0.05, 0.1) is 31.7 Å². The zero-order valence-electron chi connectivity index (χ0n) is 15.2. The number of nitrogens with one attached hydrogen (secondary N) is 1. The number of para-hydroxylation sites is 1. The molecule has 138 valence electrons. The first-order valence-electron chi connectivity index (χ1n) is 8.23. The van der Waals surface area contributed by atoms with Gasteiger partial charge in [0.2, 0.25) is 0 Å². The number of benzene rings is 2. The van der Waals surface area contributed by atoms with Crippen molar-refractivity contribution in [2.75, 3.05) is 19.5 Å². The number of aromatic nitrogens is 2. The van der Waals surface area contributed by atoms with Crippen LogP contribution in [-0.4, -0.2) is 35.9 Å².